The topological polar surface area (TPSA) is 0 Å². The summed E-state index contributed by atoms with van der Waals surface area (Å²) in [6.45, 7) is 2.19. The van der Waals surface area contributed by atoms with Gasteiger partial charge in [-0.3, -0.25) is 0 Å². The third-order valence-electron chi connectivity index (χ3n) is 2.95. The molecule has 1 aromatic rings. The summed E-state index contributed by atoms with van der Waals surface area (Å²) in [6, 6.07) is 8.20. The van der Waals surface area contributed by atoms with E-state index in [1.807, 2.05) is 24.3 Å². The van der Waals surface area contributed by atoms with E-state index in [9.17, 15) is 0 Å². The molecule has 0 aromatic heterocycles. The highest BCUT2D eigenvalue weighted by Crippen LogP contribution is 2.38. The van der Waals surface area contributed by atoms with Crippen LogP contribution in [-0.4, -0.2) is 5.25 Å². The van der Waals surface area contributed by atoms with Crippen molar-refractivity contribution in [2.45, 2.75) is 22.5 Å². The molecule has 0 aliphatic heterocycles. The molecule has 0 N–H and O–H groups in total. The van der Waals surface area contributed by atoms with E-state index in [-0.39, 0.29) is 10.7 Å². The Balaban J connectivity index is 2.50. The van der Waals surface area contributed by atoms with Crippen LogP contribution in [0.3, 0.4) is 0 Å². The SMILES string of the molecule is C[C@]1(c2ccccc2S)C=CC=C[C@H]1S. The summed E-state index contributed by atoms with van der Waals surface area (Å²) in [5, 5.41) is 0.204. The van der Waals surface area contributed by atoms with Crippen LogP contribution in [0, 0.1) is 0 Å². The highest BCUT2D eigenvalue weighted by atomic mass is 32.1. The maximum Gasteiger partial charge on any atom is 0.0329 e. The van der Waals surface area contributed by atoms with E-state index in [4.69, 9.17) is 0 Å². The molecule has 0 radical (unpaired) electrons. The molecule has 1 aliphatic carbocycles. The van der Waals surface area contributed by atoms with E-state index in [1.165, 1.54) is 5.56 Å². The number of benzene rings is 1. The molecule has 0 nitrogen and oxygen atoms in total. The second kappa shape index (κ2) is 4.11. The molecule has 0 fully saturated rings. The van der Waals surface area contributed by atoms with Gasteiger partial charge in [-0.15, -0.1) is 12.6 Å². The van der Waals surface area contributed by atoms with Crippen molar-refractivity contribution in [1.82, 2.24) is 0 Å². The minimum absolute atomic E-state index is 0.0593. The summed E-state index contributed by atoms with van der Waals surface area (Å²) in [5.41, 5.74) is 1.17. The molecular weight excluding hydrogens is 220 g/mol. The monoisotopic (exact) mass is 234 g/mol. The van der Waals surface area contributed by atoms with Crippen molar-refractivity contribution in [3.8, 4) is 0 Å². The molecule has 2 heteroatoms. The largest absolute Gasteiger partial charge is 0.170 e. The van der Waals surface area contributed by atoms with Crippen molar-refractivity contribution in [1.29, 1.82) is 0 Å². The van der Waals surface area contributed by atoms with Crippen molar-refractivity contribution in [2.24, 2.45) is 0 Å². The Morgan fingerprint density at radius 3 is 2.60 bits per heavy atom. The molecule has 0 spiro atoms. The second-order valence-electron chi connectivity index (χ2n) is 3.99. The average Bonchev–Trinajstić information content (AvgIpc) is 2.23. The molecule has 1 aliphatic rings. The van der Waals surface area contributed by atoms with Crippen LogP contribution in [0.1, 0.15) is 12.5 Å². The molecular formula is C13H14S2. The van der Waals surface area contributed by atoms with E-state index in [2.05, 4.69) is 56.5 Å². The van der Waals surface area contributed by atoms with Crippen LogP contribution in [0.25, 0.3) is 0 Å². The Morgan fingerprint density at radius 2 is 1.93 bits per heavy atom. The Morgan fingerprint density at radius 1 is 1.20 bits per heavy atom. The number of rotatable bonds is 1. The van der Waals surface area contributed by atoms with E-state index in [0.29, 0.717) is 0 Å². The molecule has 0 heterocycles. The normalized spacial score (nSPS) is 29.4. The van der Waals surface area contributed by atoms with Gasteiger partial charge in [-0.2, -0.15) is 12.6 Å². The van der Waals surface area contributed by atoms with Crippen LogP contribution in [0.4, 0.5) is 0 Å². The van der Waals surface area contributed by atoms with Gasteiger partial charge in [0.1, 0.15) is 0 Å². The number of hydrogen-bond donors (Lipinski definition) is 2. The summed E-state index contributed by atoms with van der Waals surface area (Å²) < 4.78 is 0. The fourth-order valence-electron chi connectivity index (χ4n) is 1.90. The van der Waals surface area contributed by atoms with E-state index in [0.717, 1.165) is 4.90 Å². The number of thiol groups is 2. The molecule has 2 rings (SSSR count). The van der Waals surface area contributed by atoms with Crippen molar-refractivity contribution in [2.75, 3.05) is 0 Å². The smallest absolute Gasteiger partial charge is 0.0329 e. The quantitative estimate of drug-likeness (QED) is 0.681. The maximum absolute atomic E-state index is 4.63. The fourth-order valence-corrected chi connectivity index (χ4v) is 2.63. The summed E-state index contributed by atoms with van der Waals surface area (Å²) in [7, 11) is 0. The van der Waals surface area contributed by atoms with E-state index >= 15 is 0 Å². The first kappa shape index (κ1) is 10.9. The van der Waals surface area contributed by atoms with Crippen molar-refractivity contribution >= 4 is 25.3 Å². The molecule has 0 unspecified atom stereocenters. The molecule has 0 amide bonds. The van der Waals surface area contributed by atoms with Gasteiger partial charge in [0.15, 0.2) is 0 Å². The number of hydrogen-bond acceptors (Lipinski definition) is 2. The molecule has 78 valence electrons. The summed E-state index contributed by atoms with van der Waals surface area (Å²) in [6.07, 6.45) is 8.43. The molecule has 0 bridgehead atoms. The highest BCUT2D eigenvalue weighted by Gasteiger charge is 2.32. The zero-order valence-electron chi connectivity index (χ0n) is 8.59. The molecule has 1 aromatic carbocycles. The van der Waals surface area contributed by atoms with Crippen LogP contribution in [0.15, 0.2) is 53.5 Å². The van der Waals surface area contributed by atoms with Crippen LogP contribution in [0.5, 0.6) is 0 Å². The van der Waals surface area contributed by atoms with Crippen LogP contribution in [-0.2, 0) is 5.41 Å². The summed E-state index contributed by atoms with van der Waals surface area (Å²) in [5.74, 6) is 0. The van der Waals surface area contributed by atoms with Crippen LogP contribution >= 0.6 is 25.3 Å². The molecule has 2 atom stereocenters. The van der Waals surface area contributed by atoms with Crippen LogP contribution in [0.2, 0.25) is 0 Å². The highest BCUT2D eigenvalue weighted by molar-refractivity contribution is 7.81. The molecule has 0 saturated carbocycles. The third-order valence-corrected chi connectivity index (χ3v) is 4.04. The lowest BCUT2D eigenvalue weighted by Crippen LogP contribution is -2.31. The summed E-state index contributed by atoms with van der Waals surface area (Å²) >= 11 is 9.14. The van der Waals surface area contributed by atoms with Gasteiger partial charge in [-0.25, -0.2) is 0 Å². The first-order chi connectivity index (χ1) is 7.14. The third kappa shape index (κ3) is 1.88. The van der Waals surface area contributed by atoms with Gasteiger partial charge >= 0.3 is 0 Å². The van der Waals surface area contributed by atoms with Crippen molar-refractivity contribution < 1.29 is 0 Å². The van der Waals surface area contributed by atoms with Gasteiger partial charge in [-0.05, 0) is 11.6 Å². The van der Waals surface area contributed by atoms with Crippen LogP contribution < -0.4 is 0 Å². The van der Waals surface area contributed by atoms with Gasteiger partial charge in [-0.1, -0.05) is 49.4 Å². The van der Waals surface area contributed by atoms with Gasteiger partial charge in [0, 0.05) is 15.6 Å². The predicted molar refractivity (Wildman–Crippen MR) is 72.1 cm³/mol. The standard InChI is InChI=1S/C13H14S2/c1-13(9-5-4-8-12(13)15)10-6-2-3-7-11(10)14/h2-9,12,14-15H,1H3/t12-,13-/m1/s1. The summed E-state index contributed by atoms with van der Waals surface area (Å²) in [4.78, 5) is 1.03. The Bertz CT molecular complexity index is 420. The lowest BCUT2D eigenvalue weighted by molar-refractivity contribution is 0.604. The van der Waals surface area contributed by atoms with Gasteiger partial charge in [0.2, 0.25) is 0 Å². The minimum Gasteiger partial charge on any atom is -0.170 e. The average molecular weight is 234 g/mol. The van der Waals surface area contributed by atoms with E-state index < -0.39 is 0 Å². The Kier molecular flexibility index (Phi) is 2.98. The lowest BCUT2D eigenvalue weighted by atomic mass is 9.77. The van der Waals surface area contributed by atoms with E-state index in [1.54, 1.807) is 0 Å². The van der Waals surface area contributed by atoms with Crippen molar-refractivity contribution in [3.63, 3.8) is 0 Å². The Hall–Kier alpha value is -0.600. The van der Waals surface area contributed by atoms with Gasteiger partial charge in [0.25, 0.3) is 0 Å². The first-order valence-corrected chi connectivity index (χ1v) is 5.93. The minimum atomic E-state index is -0.0593. The van der Waals surface area contributed by atoms with Gasteiger partial charge < -0.3 is 0 Å². The van der Waals surface area contributed by atoms with Gasteiger partial charge in [0.05, 0.1) is 0 Å². The fraction of sp³-hybridized carbons (Fsp3) is 0.231. The lowest BCUT2D eigenvalue weighted by Gasteiger charge is -2.33. The van der Waals surface area contributed by atoms with Crippen molar-refractivity contribution in [3.05, 3.63) is 54.1 Å². The molecule has 15 heavy (non-hydrogen) atoms. The molecule has 0 saturated heterocycles. The maximum atomic E-state index is 4.63. The predicted octanol–water partition coefficient (Wildman–Crippen LogP) is 3.66. The second-order valence-corrected chi connectivity index (χ2v) is 5.03. The number of allylic oxidation sites excluding steroid dienone is 3. The zero-order chi connectivity index (χ0) is 10.9. The zero-order valence-corrected chi connectivity index (χ0v) is 10.4. The first-order valence-electron chi connectivity index (χ1n) is 4.97. The Labute approximate surface area is 102 Å².